The molecule has 1 N–H and O–H groups in total. The SMILES string of the molecule is Cc1nccn1-c1cc(NS(=O)(=O)C(C)C)ncn1. The highest BCUT2D eigenvalue weighted by molar-refractivity contribution is 7.93. The number of aromatic nitrogens is 4. The molecule has 2 heterocycles. The summed E-state index contributed by atoms with van der Waals surface area (Å²) in [4.78, 5) is 12.1. The number of imidazole rings is 1. The van der Waals surface area contributed by atoms with E-state index in [1.807, 2.05) is 6.92 Å². The number of nitrogens with one attached hydrogen (secondary N) is 1. The van der Waals surface area contributed by atoms with Gasteiger partial charge in [-0.25, -0.2) is 23.4 Å². The van der Waals surface area contributed by atoms with Gasteiger partial charge < -0.3 is 0 Å². The van der Waals surface area contributed by atoms with Crippen LogP contribution in [0.3, 0.4) is 0 Å². The summed E-state index contributed by atoms with van der Waals surface area (Å²) in [5.74, 6) is 1.56. The Labute approximate surface area is 111 Å². The summed E-state index contributed by atoms with van der Waals surface area (Å²) in [5, 5.41) is -0.527. The number of anilines is 1. The molecule has 0 aliphatic heterocycles. The molecule has 0 radical (unpaired) electrons. The molecule has 102 valence electrons. The van der Waals surface area contributed by atoms with Crippen LogP contribution in [0.15, 0.2) is 24.8 Å². The van der Waals surface area contributed by atoms with Gasteiger partial charge >= 0.3 is 0 Å². The molecular weight excluding hydrogens is 266 g/mol. The molecule has 0 saturated carbocycles. The van der Waals surface area contributed by atoms with Gasteiger partial charge in [-0.05, 0) is 20.8 Å². The van der Waals surface area contributed by atoms with E-state index >= 15 is 0 Å². The van der Waals surface area contributed by atoms with Gasteiger partial charge in [-0.15, -0.1) is 0 Å². The van der Waals surface area contributed by atoms with Crippen LogP contribution in [0.1, 0.15) is 19.7 Å². The second kappa shape index (κ2) is 4.96. The third-order valence-electron chi connectivity index (χ3n) is 2.59. The van der Waals surface area contributed by atoms with Crippen molar-refractivity contribution in [3.05, 3.63) is 30.6 Å². The lowest BCUT2D eigenvalue weighted by atomic mass is 10.5. The van der Waals surface area contributed by atoms with E-state index in [4.69, 9.17) is 0 Å². The summed E-state index contributed by atoms with van der Waals surface area (Å²) >= 11 is 0. The molecule has 0 unspecified atom stereocenters. The first-order chi connectivity index (χ1) is 8.90. The van der Waals surface area contributed by atoms with Crippen molar-refractivity contribution >= 4 is 15.8 Å². The average Bonchev–Trinajstić information content (AvgIpc) is 2.75. The maximum atomic E-state index is 11.8. The molecule has 0 bridgehead atoms. The molecule has 0 aliphatic rings. The Morgan fingerprint density at radius 3 is 2.58 bits per heavy atom. The molecule has 7 nitrogen and oxygen atoms in total. The molecule has 0 spiro atoms. The Bertz CT molecular complexity index is 678. The summed E-state index contributed by atoms with van der Waals surface area (Å²) in [6.07, 6.45) is 4.71. The number of aryl methyl sites for hydroxylation is 1. The van der Waals surface area contributed by atoms with Crippen molar-refractivity contribution in [3.8, 4) is 5.82 Å². The minimum Gasteiger partial charge on any atom is -0.288 e. The summed E-state index contributed by atoms with van der Waals surface area (Å²) in [6.45, 7) is 5.04. The molecule has 0 aromatic carbocycles. The van der Waals surface area contributed by atoms with E-state index < -0.39 is 15.3 Å². The standard InChI is InChI=1S/C11H15N5O2S/c1-8(2)19(17,18)15-10-6-11(14-7-13-10)16-5-4-12-9(16)3/h4-8H,1-3H3,(H,13,14,15). The van der Waals surface area contributed by atoms with Crippen molar-refractivity contribution in [2.24, 2.45) is 0 Å². The van der Waals surface area contributed by atoms with Gasteiger partial charge in [0.1, 0.15) is 23.8 Å². The van der Waals surface area contributed by atoms with Crippen molar-refractivity contribution < 1.29 is 8.42 Å². The lowest BCUT2D eigenvalue weighted by Gasteiger charge is -2.11. The van der Waals surface area contributed by atoms with Crippen LogP contribution in [0.2, 0.25) is 0 Å². The first kappa shape index (κ1) is 13.5. The first-order valence-electron chi connectivity index (χ1n) is 5.74. The van der Waals surface area contributed by atoms with E-state index in [0.29, 0.717) is 5.82 Å². The summed E-state index contributed by atoms with van der Waals surface area (Å²) in [5.41, 5.74) is 0. The van der Waals surface area contributed by atoms with Gasteiger partial charge in [-0.3, -0.25) is 9.29 Å². The fourth-order valence-corrected chi connectivity index (χ4v) is 2.06. The smallest absolute Gasteiger partial charge is 0.236 e. The highest BCUT2D eigenvalue weighted by Crippen LogP contribution is 2.13. The molecule has 0 atom stereocenters. The third-order valence-corrected chi connectivity index (χ3v) is 4.33. The molecule has 0 amide bonds. The second-order valence-electron chi connectivity index (χ2n) is 4.30. The molecule has 2 rings (SSSR count). The Morgan fingerprint density at radius 1 is 1.26 bits per heavy atom. The van der Waals surface area contributed by atoms with E-state index in [-0.39, 0.29) is 5.82 Å². The zero-order chi connectivity index (χ0) is 14.0. The molecule has 19 heavy (non-hydrogen) atoms. The molecule has 0 aliphatic carbocycles. The number of rotatable bonds is 4. The summed E-state index contributed by atoms with van der Waals surface area (Å²) in [7, 11) is -3.41. The monoisotopic (exact) mass is 281 g/mol. The number of hydrogen-bond acceptors (Lipinski definition) is 5. The van der Waals surface area contributed by atoms with Crippen molar-refractivity contribution in [2.75, 3.05) is 4.72 Å². The van der Waals surface area contributed by atoms with Crippen LogP contribution in [0.4, 0.5) is 5.82 Å². The molecule has 0 saturated heterocycles. The molecule has 8 heteroatoms. The largest absolute Gasteiger partial charge is 0.288 e. The lowest BCUT2D eigenvalue weighted by molar-refractivity contribution is 0.592. The number of nitrogens with zero attached hydrogens (tertiary/aromatic N) is 4. The fourth-order valence-electron chi connectivity index (χ4n) is 1.42. The number of sulfonamides is 1. The topological polar surface area (TPSA) is 89.8 Å². The summed E-state index contributed by atoms with van der Waals surface area (Å²) in [6, 6.07) is 1.56. The van der Waals surface area contributed by atoms with E-state index in [1.165, 1.54) is 6.33 Å². The van der Waals surface area contributed by atoms with Crippen molar-refractivity contribution in [1.82, 2.24) is 19.5 Å². The highest BCUT2D eigenvalue weighted by Gasteiger charge is 2.16. The average molecular weight is 281 g/mol. The van der Waals surface area contributed by atoms with E-state index in [2.05, 4.69) is 19.7 Å². The van der Waals surface area contributed by atoms with Crippen LogP contribution >= 0.6 is 0 Å². The molecule has 2 aromatic heterocycles. The van der Waals surface area contributed by atoms with Gasteiger partial charge in [0.05, 0.1) is 5.25 Å². The quantitative estimate of drug-likeness (QED) is 0.907. The predicted molar refractivity (Wildman–Crippen MR) is 71.6 cm³/mol. The first-order valence-corrected chi connectivity index (χ1v) is 7.29. The third kappa shape index (κ3) is 2.90. The predicted octanol–water partition coefficient (Wildman–Crippen LogP) is 1.12. The van der Waals surface area contributed by atoms with E-state index in [1.54, 1.807) is 36.9 Å². The molecule has 0 fully saturated rings. The van der Waals surface area contributed by atoms with Crippen LogP contribution in [0, 0.1) is 6.92 Å². The van der Waals surface area contributed by atoms with E-state index in [9.17, 15) is 8.42 Å². The summed E-state index contributed by atoms with van der Waals surface area (Å²) < 4.78 is 27.7. The van der Waals surface area contributed by atoms with Gasteiger partial charge in [0.2, 0.25) is 10.0 Å². The Kier molecular flexibility index (Phi) is 3.52. The molecular formula is C11H15N5O2S. The Morgan fingerprint density at radius 2 is 2.00 bits per heavy atom. The Balaban J connectivity index is 2.34. The normalized spacial score (nSPS) is 11.8. The zero-order valence-corrected chi connectivity index (χ0v) is 11.7. The maximum Gasteiger partial charge on any atom is 0.236 e. The number of hydrogen-bond donors (Lipinski definition) is 1. The fraction of sp³-hybridized carbons (Fsp3) is 0.364. The van der Waals surface area contributed by atoms with Gasteiger partial charge in [0.15, 0.2) is 0 Å². The van der Waals surface area contributed by atoms with Gasteiger partial charge in [-0.1, -0.05) is 0 Å². The van der Waals surface area contributed by atoms with Crippen LogP contribution < -0.4 is 4.72 Å². The van der Waals surface area contributed by atoms with Crippen molar-refractivity contribution in [3.63, 3.8) is 0 Å². The molecule has 2 aromatic rings. The minimum atomic E-state index is -3.41. The zero-order valence-electron chi connectivity index (χ0n) is 10.9. The maximum absolute atomic E-state index is 11.8. The van der Waals surface area contributed by atoms with Gasteiger partial charge in [0.25, 0.3) is 0 Å². The van der Waals surface area contributed by atoms with Crippen LogP contribution in [0.5, 0.6) is 0 Å². The van der Waals surface area contributed by atoms with Crippen LogP contribution in [-0.2, 0) is 10.0 Å². The lowest BCUT2D eigenvalue weighted by Crippen LogP contribution is -2.23. The second-order valence-corrected chi connectivity index (χ2v) is 6.54. The van der Waals surface area contributed by atoms with Crippen molar-refractivity contribution in [1.29, 1.82) is 0 Å². The van der Waals surface area contributed by atoms with Gasteiger partial charge in [-0.2, -0.15) is 0 Å². The van der Waals surface area contributed by atoms with Gasteiger partial charge in [0, 0.05) is 18.5 Å². The minimum absolute atomic E-state index is 0.242. The highest BCUT2D eigenvalue weighted by atomic mass is 32.2. The van der Waals surface area contributed by atoms with Crippen LogP contribution in [0.25, 0.3) is 5.82 Å². The van der Waals surface area contributed by atoms with Crippen molar-refractivity contribution in [2.45, 2.75) is 26.0 Å². The Hall–Kier alpha value is -1.96. The van der Waals surface area contributed by atoms with Crippen LogP contribution in [-0.4, -0.2) is 33.2 Å². The van der Waals surface area contributed by atoms with E-state index in [0.717, 1.165) is 5.82 Å².